The first kappa shape index (κ1) is 16.8. The summed E-state index contributed by atoms with van der Waals surface area (Å²) in [4.78, 5) is 16.0. The molecule has 3 heteroatoms. The Labute approximate surface area is 148 Å². The van der Waals surface area contributed by atoms with E-state index in [0.717, 1.165) is 25.8 Å². The van der Waals surface area contributed by atoms with Crippen LogP contribution in [0.25, 0.3) is 10.9 Å². The van der Waals surface area contributed by atoms with E-state index in [-0.39, 0.29) is 0 Å². The van der Waals surface area contributed by atoms with Crippen LogP contribution < -0.4 is 0 Å². The molecule has 3 rings (SSSR count). The lowest BCUT2D eigenvalue weighted by Gasteiger charge is -2.20. The van der Waals surface area contributed by atoms with Gasteiger partial charge in [0.2, 0.25) is 0 Å². The SMILES string of the molecule is O=C/C=C/C=C/N(CCc1c[nH]c2ccccc12)Cc1ccccc1. The smallest absolute Gasteiger partial charge is 0.142 e. The van der Waals surface area contributed by atoms with E-state index in [0.29, 0.717) is 0 Å². The van der Waals surface area contributed by atoms with Gasteiger partial charge in [0.1, 0.15) is 6.29 Å². The minimum atomic E-state index is 0.790. The predicted octanol–water partition coefficient (Wildman–Crippen LogP) is 4.48. The van der Waals surface area contributed by atoms with Crippen molar-refractivity contribution in [3.63, 3.8) is 0 Å². The Hall–Kier alpha value is -3.07. The van der Waals surface area contributed by atoms with Gasteiger partial charge in [-0.2, -0.15) is 0 Å². The molecule has 2 aromatic carbocycles. The molecule has 0 aliphatic heterocycles. The molecule has 0 saturated heterocycles. The molecule has 0 radical (unpaired) electrons. The second kappa shape index (κ2) is 8.69. The molecule has 0 aliphatic rings. The van der Waals surface area contributed by atoms with Gasteiger partial charge in [-0.25, -0.2) is 0 Å². The highest BCUT2D eigenvalue weighted by Crippen LogP contribution is 2.18. The summed E-state index contributed by atoms with van der Waals surface area (Å²) >= 11 is 0. The summed E-state index contributed by atoms with van der Waals surface area (Å²) in [7, 11) is 0. The third-order valence-corrected chi connectivity index (χ3v) is 4.17. The second-order valence-electron chi connectivity index (χ2n) is 5.93. The fourth-order valence-electron chi connectivity index (χ4n) is 2.91. The van der Waals surface area contributed by atoms with Crippen LogP contribution in [0.15, 0.2) is 85.2 Å². The highest BCUT2D eigenvalue weighted by atomic mass is 16.1. The van der Waals surface area contributed by atoms with Crippen LogP contribution >= 0.6 is 0 Å². The minimum absolute atomic E-state index is 0.790. The Bertz CT molecular complexity index is 862. The van der Waals surface area contributed by atoms with E-state index in [2.05, 4.69) is 58.5 Å². The van der Waals surface area contributed by atoms with E-state index >= 15 is 0 Å². The van der Waals surface area contributed by atoms with Gasteiger partial charge < -0.3 is 9.88 Å². The minimum Gasteiger partial charge on any atom is -0.373 e. The number of aromatic nitrogens is 1. The average Bonchev–Trinajstić information content (AvgIpc) is 3.07. The number of allylic oxidation sites excluding steroid dienone is 3. The summed E-state index contributed by atoms with van der Waals surface area (Å²) in [5.74, 6) is 0. The maximum Gasteiger partial charge on any atom is 0.142 e. The summed E-state index contributed by atoms with van der Waals surface area (Å²) in [6, 6.07) is 18.8. The summed E-state index contributed by atoms with van der Waals surface area (Å²) in [6.45, 7) is 1.75. The first-order chi connectivity index (χ1) is 12.4. The summed E-state index contributed by atoms with van der Waals surface area (Å²) in [5.41, 5.74) is 3.77. The molecule has 126 valence electrons. The normalized spacial score (nSPS) is 11.5. The van der Waals surface area contributed by atoms with Gasteiger partial charge in [-0.3, -0.25) is 4.79 Å². The van der Waals surface area contributed by atoms with Crippen molar-refractivity contribution in [2.45, 2.75) is 13.0 Å². The van der Waals surface area contributed by atoms with Crippen LogP contribution in [0.3, 0.4) is 0 Å². The fraction of sp³-hybridized carbons (Fsp3) is 0.136. The van der Waals surface area contributed by atoms with Crippen molar-refractivity contribution in [1.29, 1.82) is 0 Å². The zero-order valence-corrected chi connectivity index (χ0v) is 14.1. The lowest BCUT2D eigenvalue weighted by molar-refractivity contribution is -0.104. The van der Waals surface area contributed by atoms with Gasteiger partial charge in [0.05, 0.1) is 0 Å². The number of hydrogen-bond acceptors (Lipinski definition) is 2. The number of aldehydes is 1. The summed E-state index contributed by atoms with van der Waals surface area (Å²) < 4.78 is 0. The Balaban J connectivity index is 1.71. The number of carbonyl (C=O) groups is 1. The van der Waals surface area contributed by atoms with Crippen molar-refractivity contribution < 1.29 is 4.79 Å². The van der Waals surface area contributed by atoms with Crippen molar-refractivity contribution in [2.75, 3.05) is 6.54 Å². The van der Waals surface area contributed by atoms with Crippen molar-refractivity contribution in [3.05, 3.63) is 96.3 Å². The first-order valence-electron chi connectivity index (χ1n) is 8.48. The van der Waals surface area contributed by atoms with Gasteiger partial charge in [0.15, 0.2) is 0 Å². The van der Waals surface area contributed by atoms with E-state index in [1.165, 1.54) is 28.1 Å². The maximum absolute atomic E-state index is 10.4. The Kier molecular flexibility index (Phi) is 5.83. The quantitative estimate of drug-likeness (QED) is 0.375. The van der Waals surface area contributed by atoms with Crippen LogP contribution in [0.5, 0.6) is 0 Å². The Morgan fingerprint density at radius 1 is 0.920 bits per heavy atom. The van der Waals surface area contributed by atoms with Crippen molar-refractivity contribution in [1.82, 2.24) is 9.88 Å². The molecular formula is C22H22N2O. The molecule has 0 atom stereocenters. The highest BCUT2D eigenvalue weighted by molar-refractivity contribution is 5.83. The van der Waals surface area contributed by atoms with Crippen LogP contribution in [0, 0.1) is 0 Å². The van der Waals surface area contributed by atoms with Crippen LogP contribution in [0.1, 0.15) is 11.1 Å². The predicted molar refractivity (Wildman–Crippen MR) is 103 cm³/mol. The molecule has 3 nitrogen and oxygen atoms in total. The van der Waals surface area contributed by atoms with Gasteiger partial charge in [-0.1, -0.05) is 54.6 Å². The number of carbonyl (C=O) groups excluding carboxylic acids is 1. The molecule has 0 saturated carbocycles. The van der Waals surface area contributed by atoms with Crippen LogP contribution in [-0.2, 0) is 17.8 Å². The molecule has 1 aromatic heterocycles. The number of benzene rings is 2. The summed E-state index contributed by atoms with van der Waals surface area (Å²) in [6.07, 6.45) is 11.1. The molecule has 0 fully saturated rings. The molecule has 0 amide bonds. The van der Waals surface area contributed by atoms with Crippen LogP contribution in [0.2, 0.25) is 0 Å². The van der Waals surface area contributed by atoms with Gasteiger partial charge >= 0.3 is 0 Å². The van der Waals surface area contributed by atoms with Gasteiger partial charge in [-0.05, 0) is 42.0 Å². The molecule has 3 aromatic rings. The number of aromatic amines is 1. The molecule has 1 N–H and O–H groups in total. The number of H-pyrrole nitrogens is 1. The average molecular weight is 330 g/mol. The third-order valence-electron chi connectivity index (χ3n) is 4.17. The highest BCUT2D eigenvalue weighted by Gasteiger charge is 2.06. The zero-order chi connectivity index (χ0) is 17.3. The number of nitrogens with one attached hydrogen (secondary N) is 1. The van der Waals surface area contributed by atoms with Crippen molar-refractivity contribution in [3.8, 4) is 0 Å². The van der Waals surface area contributed by atoms with Crippen LogP contribution in [-0.4, -0.2) is 22.7 Å². The monoisotopic (exact) mass is 330 g/mol. The fourth-order valence-corrected chi connectivity index (χ4v) is 2.91. The number of hydrogen-bond donors (Lipinski definition) is 1. The topological polar surface area (TPSA) is 36.1 Å². The molecular weight excluding hydrogens is 308 g/mol. The van der Waals surface area contributed by atoms with Gasteiger partial charge in [0.25, 0.3) is 0 Å². The van der Waals surface area contributed by atoms with Crippen molar-refractivity contribution in [2.24, 2.45) is 0 Å². The Morgan fingerprint density at radius 3 is 2.56 bits per heavy atom. The number of fused-ring (bicyclic) bond motifs is 1. The van der Waals surface area contributed by atoms with E-state index in [1.54, 1.807) is 6.08 Å². The molecule has 0 spiro atoms. The van der Waals surface area contributed by atoms with E-state index in [1.807, 2.05) is 24.4 Å². The third kappa shape index (κ3) is 4.70. The second-order valence-corrected chi connectivity index (χ2v) is 5.93. The number of rotatable bonds is 8. The lowest BCUT2D eigenvalue weighted by Crippen LogP contribution is -2.19. The van der Waals surface area contributed by atoms with Gasteiger partial charge in [-0.15, -0.1) is 0 Å². The molecule has 0 aliphatic carbocycles. The maximum atomic E-state index is 10.4. The van der Waals surface area contributed by atoms with Crippen molar-refractivity contribution >= 4 is 17.2 Å². The number of nitrogens with zero attached hydrogens (tertiary/aromatic N) is 1. The largest absolute Gasteiger partial charge is 0.373 e. The van der Waals surface area contributed by atoms with Gasteiger partial charge in [0, 0.05) is 30.2 Å². The zero-order valence-electron chi connectivity index (χ0n) is 14.1. The first-order valence-corrected chi connectivity index (χ1v) is 8.48. The molecule has 0 unspecified atom stereocenters. The summed E-state index contributed by atoms with van der Waals surface area (Å²) in [5, 5.41) is 1.28. The molecule has 0 bridgehead atoms. The molecule has 25 heavy (non-hydrogen) atoms. The Morgan fingerprint density at radius 2 is 1.72 bits per heavy atom. The number of para-hydroxylation sites is 1. The standard InChI is InChI=1S/C22H22N2O/c25-16-8-2-7-14-24(18-19-9-3-1-4-10-19)15-13-20-17-23-22-12-6-5-11-21(20)22/h1-12,14,16-17,23H,13,15,18H2/b8-2+,14-7+. The van der Waals surface area contributed by atoms with E-state index < -0.39 is 0 Å². The van der Waals surface area contributed by atoms with Crippen LogP contribution in [0.4, 0.5) is 0 Å². The molecule has 1 heterocycles. The lowest BCUT2D eigenvalue weighted by atomic mass is 10.1. The van der Waals surface area contributed by atoms with E-state index in [9.17, 15) is 4.79 Å². The van der Waals surface area contributed by atoms with E-state index in [4.69, 9.17) is 0 Å².